The highest BCUT2D eigenvalue weighted by atomic mass is 19.1. The lowest BCUT2D eigenvalue weighted by Gasteiger charge is -2.35. The van der Waals surface area contributed by atoms with Crippen molar-refractivity contribution in [1.29, 1.82) is 0 Å². The Morgan fingerprint density at radius 1 is 0.702 bits per heavy atom. The number of anilines is 1. The fourth-order valence-electron chi connectivity index (χ4n) is 5.58. The number of aryl methyl sites for hydroxylation is 2. The Morgan fingerprint density at radius 2 is 1.14 bits per heavy atom. The van der Waals surface area contributed by atoms with E-state index in [1.54, 1.807) is 79.7 Å². The van der Waals surface area contributed by atoms with Crippen molar-refractivity contribution in [2.75, 3.05) is 31.1 Å². The van der Waals surface area contributed by atoms with Crippen molar-refractivity contribution >= 4 is 35.9 Å². The fourth-order valence-corrected chi connectivity index (χ4v) is 5.58. The summed E-state index contributed by atoms with van der Waals surface area (Å²) in [4.78, 5) is 72.5. The van der Waals surface area contributed by atoms with Gasteiger partial charge in [-0.1, -0.05) is 48.5 Å². The molecule has 57 heavy (non-hydrogen) atoms. The van der Waals surface area contributed by atoms with Gasteiger partial charge in [0.1, 0.15) is 11.4 Å². The summed E-state index contributed by atoms with van der Waals surface area (Å²) in [7, 11) is 0. The van der Waals surface area contributed by atoms with Crippen LogP contribution in [0.25, 0.3) is 0 Å². The second kappa shape index (κ2) is 18.5. The first kappa shape index (κ1) is 43.3. The van der Waals surface area contributed by atoms with E-state index in [0.717, 1.165) is 11.1 Å². The van der Waals surface area contributed by atoms with Gasteiger partial charge in [0, 0.05) is 44.1 Å². The van der Waals surface area contributed by atoms with E-state index in [0.29, 0.717) is 43.3 Å². The predicted octanol–water partition coefficient (Wildman–Crippen LogP) is 5.12. The number of carbonyl (C=O) groups excluding carboxylic acids is 3. The fraction of sp³-hybridized carbons (Fsp3) is 0.341. The van der Waals surface area contributed by atoms with Crippen molar-refractivity contribution in [3.8, 4) is 0 Å². The van der Waals surface area contributed by atoms with Gasteiger partial charge < -0.3 is 40.0 Å². The highest BCUT2D eigenvalue weighted by molar-refractivity contribution is 5.96. The first-order chi connectivity index (χ1) is 26.8. The lowest BCUT2D eigenvalue weighted by atomic mass is 9.87. The Morgan fingerprint density at radius 3 is 1.54 bits per heavy atom. The predicted molar refractivity (Wildman–Crippen MR) is 205 cm³/mol. The number of halogens is 1. The number of carbonyl (C=O) groups is 5. The number of carboxylic acid groups (broad SMARTS) is 2. The topological polar surface area (TPSA) is 212 Å². The average Bonchev–Trinajstić information content (AvgIpc) is 3.16. The molecule has 16 heteroatoms. The standard InChI is InChI=1S/C21H28FN5O2.C20H18O8/c1-20(2,3)29-19(28)27-11-9-26(10-12-27)18-24-13-16(14-25-18)21(4,23)15-5-7-17(22)8-6-15;1-11-7-3-5-9-13(11)19(25)27-15(17(21)22)16(18(23)24)28-20(26)14-10-6-4-8-12(14)2/h5-8,13-14H,9-12,23H2,1-4H3;3-10,15-16H,1-2H3,(H,21,22)(H,23,24). The van der Waals surface area contributed by atoms with Crippen molar-refractivity contribution < 1.29 is 52.8 Å². The first-order valence-corrected chi connectivity index (χ1v) is 17.9. The van der Waals surface area contributed by atoms with Crippen molar-refractivity contribution in [2.45, 2.75) is 64.9 Å². The smallest absolute Gasteiger partial charge is 0.410 e. The summed E-state index contributed by atoms with van der Waals surface area (Å²) < 4.78 is 28.4. The summed E-state index contributed by atoms with van der Waals surface area (Å²) in [5.74, 6) is -5.31. The quantitative estimate of drug-likeness (QED) is 0.141. The van der Waals surface area contributed by atoms with E-state index in [1.807, 2.05) is 32.6 Å². The van der Waals surface area contributed by atoms with E-state index in [9.17, 15) is 38.6 Å². The lowest BCUT2D eigenvalue weighted by molar-refractivity contribution is -0.166. The number of aliphatic carboxylic acids is 2. The summed E-state index contributed by atoms with van der Waals surface area (Å²) >= 11 is 0. The molecule has 0 radical (unpaired) electrons. The van der Waals surface area contributed by atoms with E-state index >= 15 is 0 Å². The molecule has 1 aromatic heterocycles. The van der Waals surface area contributed by atoms with Gasteiger partial charge in [0.05, 0.1) is 16.7 Å². The third kappa shape index (κ3) is 11.5. The number of benzene rings is 3. The highest BCUT2D eigenvalue weighted by Gasteiger charge is 2.41. The van der Waals surface area contributed by atoms with Crippen molar-refractivity contribution in [3.05, 3.63) is 124 Å². The van der Waals surface area contributed by atoms with Crippen LogP contribution in [0.4, 0.5) is 15.1 Å². The van der Waals surface area contributed by atoms with Gasteiger partial charge in [-0.05, 0) is 82.5 Å². The normalized spacial score (nSPS) is 14.8. The van der Waals surface area contributed by atoms with Crippen molar-refractivity contribution in [2.24, 2.45) is 5.73 Å². The van der Waals surface area contributed by atoms with Gasteiger partial charge >= 0.3 is 30.0 Å². The summed E-state index contributed by atoms with van der Waals surface area (Å²) in [5, 5.41) is 18.7. The van der Waals surface area contributed by atoms with Crippen LogP contribution in [-0.2, 0) is 29.3 Å². The first-order valence-electron chi connectivity index (χ1n) is 17.9. The molecule has 1 saturated heterocycles. The molecule has 302 valence electrons. The maximum atomic E-state index is 13.2. The molecule has 1 aliphatic rings. The summed E-state index contributed by atoms with van der Waals surface area (Å²) in [6, 6.07) is 18.6. The molecule has 4 aromatic rings. The number of nitrogens with zero attached hydrogens (tertiary/aromatic N) is 4. The Kier molecular flexibility index (Phi) is 14.0. The molecule has 3 aromatic carbocycles. The van der Waals surface area contributed by atoms with Crippen LogP contribution in [0.1, 0.15) is 70.7 Å². The van der Waals surface area contributed by atoms with Crippen LogP contribution < -0.4 is 10.6 Å². The number of piperazine rings is 1. The van der Waals surface area contributed by atoms with Crippen LogP contribution in [0.2, 0.25) is 0 Å². The molecule has 15 nitrogen and oxygen atoms in total. The monoisotopic (exact) mass is 787 g/mol. The van der Waals surface area contributed by atoms with Crippen LogP contribution in [0.15, 0.2) is 85.2 Å². The van der Waals surface area contributed by atoms with E-state index in [1.165, 1.54) is 24.3 Å². The van der Waals surface area contributed by atoms with Crippen LogP contribution in [0, 0.1) is 19.7 Å². The van der Waals surface area contributed by atoms with E-state index in [4.69, 9.17) is 19.9 Å². The molecule has 0 bridgehead atoms. The summed E-state index contributed by atoms with van der Waals surface area (Å²) in [5.41, 5.74) is 7.82. The highest BCUT2D eigenvalue weighted by Crippen LogP contribution is 2.27. The molecule has 1 aliphatic heterocycles. The maximum absolute atomic E-state index is 13.2. The van der Waals surface area contributed by atoms with Crippen LogP contribution in [0.3, 0.4) is 0 Å². The molecule has 3 atom stereocenters. The summed E-state index contributed by atoms with van der Waals surface area (Å²) in [6.07, 6.45) is -1.35. The third-order valence-electron chi connectivity index (χ3n) is 8.86. The van der Waals surface area contributed by atoms with Gasteiger partial charge in [-0.15, -0.1) is 0 Å². The molecule has 1 fully saturated rings. The van der Waals surface area contributed by atoms with Gasteiger partial charge in [-0.25, -0.2) is 38.3 Å². The second-order valence-electron chi connectivity index (χ2n) is 14.4. The van der Waals surface area contributed by atoms with Crippen molar-refractivity contribution in [1.82, 2.24) is 14.9 Å². The lowest BCUT2D eigenvalue weighted by Crippen LogP contribution is -2.50. The number of aromatic nitrogens is 2. The Balaban J connectivity index is 0.000000253. The minimum atomic E-state index is -2.22. The van der Waals surface area contributed by atoms with Crippen molar-refractivity contribution in [3.63, 3.8) is 0 Å². The maximum Gasteiger partial charge on any atom is 0.410 e. The molecule has 4 N–H and O–H groups in total. The largest absolute Gasteiger partial charge is 0.478 e. The van der Waals surface area contributed by atoms with Crippen LogP contribution in [0.5, 0.6) is 0 Å². The molecule has 0 aliphatic carbocycles. The van der Waals surface area contributed by atoms with Gasteiger partial charge in [0.25, 0.3) is 0 Å². The van der Waals surface area contributed by atoms with Gasteiger partial charge in [-0.3, -0.25) is 0 Å². The number of hydrogen-bond acceptors (Lipinski definition) is 12. The minimum Gasteiger partial charge on any atom is -0.478 e. The summed E-state index contributed by atoms with van der Waals surface area (Å²) in [6.45, 7) is 13.0. The average molecular weight is 788 g/mol. The molecule has 0 saturated carbocycles. The minimum absolute atomic E-state index is 0.0723. The number of ether oxygens (including phenoxy) is 3. The van der Waals surface area contributed by atoms with Gasteiger partial charge in [-0.2, -0.15) is 0 Å². The molecule has 2 heterocycles. The third-order valence-corrected chi connectivity index (χ3v) is 8.86. The number of nitrogens with two attached hydrogens (primary N) is 1. The van der Waals surface area contributed by atoms with Crippen LogP contribution in [-0.4, -0.2) is 99.0 Å². The Labute approximate surface area is 329 Å². The van der Waals surface area contributed by atoms with Gasteiger partial charge in [0.2, 0.25) is 18.2 Å². The van der Waals surface area contributed by atoms with E-state index in [2.05, 4.69) is 9.97 Å². The Hall–Kier alpha value is -6.42. The molecule has 5 rings (SSSR count). The van der Waals surface area contributed by atoms with E-state index in [-0.39, 0.29) is 23.0 Å². The zero-order valence-electron chi connectivity index (χ0n) is 32.5. The molecular formula is C41H46FN5O10. The second-order valence-corrected chi connectivity index (χ2v) is 14.4. The number of hydrogen-bond donors (Lipinski definition) is 3. The molecule has 3 unspecified atom stereocenters. The molecule has 1 amide bonds. The number of amides is 1. The number of rotatable bonds is 10. The van der Waals surface area contributed by atoms with Crippen LogP contribution >= 0.6 is 0 Å². The Bertz CT molecular complexity index is 1990. The molecular weight excluding hydrogens is 741 g/mol. The zero-order chi connectivity index (χ0) is 42.1. The SMILES string of the molecule is CC(C)(C)OC(=O)N1CCN(c2ncc(C(C)(N)c3ccc(F)cc3)cn2)CC1.Cc1ccccc1C(=O)OC(C(=O)O)C(OC(=O)c1ccccc1C)C(=O)O. The van der Waals surface area contributed by atoms with E-state index < -0.39 is 47.2 Å². The number of esters is 2. The van der Waals surface area contributed by atoms with Gasteiger partial charge in [0.15, 0.2) is 0 Å². The molecule has 0 spiro atoms. The zero-order valence-corrected chi connectivity index (χ0v) is 32.5. The number of carboxylic acids is 2.